The van der Waals surface area contributed by atoms with Gasteiger partial charge in [-0.1, -0.05) is 23.7 Å². The smallest absolute Gasteiger partial charge is 0.416 e. The molecule has 5 rings (SSSR count). The molecule has 3 amide bonds. The lowest BCUT2D eigenvalue weighted by Gasteiger charge is -2.30. The summed E-state index contributed by atoms with van der Waals surface area (Å²) in [6, 6.07) is 8.93. The molecule has 2 heterocycles. The van der Waals surface area contributed by atoms with E-state index in [9.17, 15) is 27.6 Å². The van der Waals surface area contributed by atoms with Crippen molar-refractivity contribution in [3.05, 3.63) is 69.2 Å². The van der Waals surface area contributed by atoms with Crippen LogP contribution in [0.25, 0.3) is 17.0 Å². The molecule has 0 unspecified atom stereocenters. The zero-order chi connectivity index (χ0) is 32.5. The van der Waals surface area contributed by atoms with Crippen molar-refractivity contribution in [2.24, 2.45) is 11.8 Å². The molecule has 2 aromatic carbocycles. The number of nitrogens with one attached hydrogen (secondary N) is 1. The Morgan fingerprint density at radius 2 is 1.80 bits per heavy atom. The zero-order valence-corrected chi connectivity index (χ0v) is 26.7. The molecule has 2 aliphatic rings. The van der Waals surface area contributed by atoms with E-state index in [1.807, 2.05) is 20.8 Å². The Morgan fingerprint density at radius 1 is 1.09 bits per heavy atom. The van der Waals surface area contributed by atoms with E-state index in [0.29, 0.717) is 40.4 Å². The van der Waals surface area contributed by atoms with Crippen molar-refractivity contribution in [3.63, 3.8) is 0 Å². The van der Waals surface area contributed by atoms with E-state index in [2.05, 4.69) is 10.4 Å². The molecule has 13 heteroatoms. The normalized spacial score (nSPS) is 20.3. The molecular formula is C32H34ClF3N4O4S. The van der Waals surface area contributed by atoms with Crippen LogP contribution in [0, 0.1) is 11.8 Å². The number of thioether (sulfide) groups is 1. The van der Waals surface area contributed by atoms with Crippen LogP contribution in [0.2, 0.25) is 5.02 Å². The summed E-state index contributed by atoms with van der Waals surface area (Å²) >= 11 is 6.71. The lowest BCUT2D eigenvalue weighted by Crippen LogP contribution is -2.38. The number of halogens is 4. The summed E-state index contributed by atoms with van der Waals surface area (Å²) in [5.74, 6) is 0.175. The third-order valence-electron chi connectivity index (χ3n) is 7.88. The Balaban J connectivity index is 1.19. The van der Waals surface area contributed by atoms with Gasteiger partial charge in [-0.15, -0.1) is 0 Å². The van der Waals surface area contributed by atoms with Crippen molar-refractivity contribution in [2.45, 2.75) is 64.8 Å². The Labute approximate surface area is 268 Å². The Kier molecular flexibility index (Phi) is 9.55. The van der Waals surface area contributed by atoms with E-state index in [4.69, 9.17) is 16.3 Å². The van der Waals surface area contributed by atoms with Gasteiger partial charge in [0.2, 0.25) is 0 Å². The number of fused-ring (bicyclic) bond motifs is 1. The van der Waals surface area contributed by atoms with Gasteiger partial charge >= 0.3 is 12.3 Å². The third-order valence-corrected chi connectivity index (χ3v) is 9.02. The van der Waals surface area contributed by atoms with E-state index >= 15 is 0 Å². The van der Waals surface area contributed by atoms with E-state index < -0.39 is 23.4 Å². The van der Waals surface area contributed by atoms with Crippen LogP contribution in [-0.2, 0) is 22.3 Å². The van der Waals surface area contributed by atoms with Crippen LogP contribution in [0.4, 0.5) is 22.8 Å². The number of ether oxygens (including phenoxy) is 1. The highest BCUT2D eigenvalue weighted by molar-refractivity contribution is 8.18. The zero-order valence-electron chi connectivity index (χ0n) is 25.1. The van der Waals surface area contributed by atoms with Crippen molar-refractivity contribution in [1.29, 1.82) is 0 Å². The Morgan fingerprint density at radius 3 is 2.49 bits per heavy atom. The van der Waals surface area contributed by atoms with Crippen LogP contribution in [0.5, 0.6) is 0 Å². The number of amides is 3. The van der Waals surface area contributed by atoms with E-state index in [-0.39, 0.29) is 34.2 Å². The van der Waals surface area contributed by atoms with Crippen LogP contribution < -0.4 is 5.32 Å². The molecule has 0 atom stereocenters. The SMILES string of the molecule is CC(C)(C)OC(=O)NCC1CCC(CN2C(=O)S/C(=C\c3ccc4c(cnn4Cc4ccc(Cl)cc4C(F)(F)F)c3)C2=O)CC1. The Bertz CT molecular complexity index is 1640. The number of hydrogen-bond donors (Lipinski definition) is 1. The maximum absolute atomic E-state index is 13.6. The molecule has 1 aromatic heterocycles. The summed E-state index contributed by atoms with van der Waals surface area (Å²) < 4.78 is 47.5. The number of imide groups is 1. The summed E-state index contributed by atoms with van der Waals surface area (Å²) in [5.41, 5.74) is -0.0213. The van der Waals surface area contributed by atoms with Gasteiger partial charge in [0, 0.05) is 23.5 Å². The first-order chi connectivity index (χ1) is 21.2. The van der Waals surface area contributed by atoms with Gasteiger partial charge in [-0.3, -0.25) is 19.2 Å². The summed E-state index contributed by atoms with van der Waals surface area (Å²) in [5, 5.41) is 7.50. The number of alkyl halides is 3. The van der Waals surface area contributed by atoms with Gasteiger partial charge < -0.3 is 10.1 Å². The fraction of sp³-hybridized carbons (Fsp3) is 0.438. The molecule has 8 nitrogen and oxygen atoms in total. The fourth-order valence-corrected chi connectivity index (χ4v) is 6.68. The molecule has 1 aliphatic heterocycles. The topological polar surface area (TPSA) is 93.5 Å². The lowest BCUT2D eigenvalue weighted by atomic mass is 9.81. The lowest BCUT2D eigenvalue weighted by molar-refractivity contribution is -0.138. The molecule has 0 spiro atoms. The van der Waals surface area contributed by atoms with Crippen LogP contribution in [0.1, 0.15) is 63.1 Å². The molecule has 45 heavy (non-hydrogen) atoms. The van der Waals surface area contributed by atoms with E-state index in [1.54, 1.807) is 30.5 Å². The average Bonchev–Trinajstić information content (AvgIpc) is 3.47. The molecule has 1 saturated carbocycles. The molecule has 0 radical (unpaired) electrons. The first kappa shape index (κ1) is 32.9. The van der Waals surface area contributed by atoms with Gasteiger partial charge in [0.05, 0.1) is 28.7 Å². The van der Waals surface area contributed by atoms with Crippen molar-refractivity contribution in [1.82, 2.24) is 20.0 Å². The molecule has 1 saturated heterocycles. The number of alkyl carbamates (subject to hydrolysis) is 1. The minimum Gasteiger partial charge on any atom is -0.444 e. The molecule has 0 bridgehead atoms. The number of benzene rings is 2. The number of carbonyl (C=O) groups excluding carboxylic acids is 3. The van der Waals surface area contributed by atoms with Crippen molar-refractivity contribution >= 4 is 57.6 Å². The van der Waals surface area contributed by atoms with Crippen LogP contribution in [-0.4, -0.2) is 50.6 Å². The number of hydrogen-bond acceptors (Lipinski definition) is 6. The van der Waals surface area contributed by atoms with Crippen molar-refractivity contribution in [2.75, 3.05) is 13.1 Å². The van der Waals surface area contributed by atoms with Crippen LogP contribution in [0.15, 0.2) is 47.5 Å². The summed E-state index contributed by atoms with van der Waals surface area (Å²) in [6.07, 6.45) is 1.69. The van der Waals surface area contributed by atoms with Gasteiger partial charge in [0.15, 0.2) is 0 Å². The third kappa shape index (κ3) is 8.21. The minimum absolute atomic E-state index is 0.00234. The predicted molar refractivity (Wildman–Crippen MR) is 168 cm³/mol. The number of rotatable bonds is 7. The first-order valence-corrected chi connectivity index (χ1v) is 15.9. The first-order valence-electron chi connectivity index (χ1n) is 14.7. The van der Waals surface area contributed by atoms with E-state index in [0.717, 1.165) is 43.5 Å². The monoisotopic (exact) mass is 662 g/mol. The highest BCUT2D eigenvalue weighted by Gasteiger charge is 2.37. The fourth-order valence-electron chi connectivity index (χ4n) is 5.66. The molecule has 240 valence electrons. The maximum Gasteiger partial charge on any atom is 0.416 e. The molecule has 1 aliphatic carbocycles. The standard InChI is InChI=1S/C32H34ClF3N4O4S/c1-31(2,3)44-29(42)37-15-19-4-6-20(7-5-19)17-39-28(41)27(45-30(39)43)13-21-8-11-26-23(12-21)16-38-40(26)18-22-9-10-24(33)14-25(22)32(34,35)36/h8-14,16,19-20H,4-7,15,17-18H2,1-3H3,(H,37,42)/b27-13-. The van der Waals surface area contributed by atoms with Crippen molar-refractivity contribution < 1.29 is 32.3 Å². The van der Waals surface area contributed by atoms with Crippen molar-refractivity contribution in [3.8, 4) is 0 Å². The van der Waals surface area contributed by atoms with Gasteiger partial charge in [0.25, 0.3) is 11.1 Å². The maximum atomic E-state index is 13.6. The molecule has 2 fully saturated rings. The average molecular weight is 663 g/mol. The van der Waals surface area contributed by atoms with E-state index in [1.165, 1.54) is 21.7 Å². The summed E-state index contributed by atoms with van der Waals surface area (Å²) in [7, 11) is 0. The largest absolute Gasteiger partial charge is 0.444 e. The quantitative estimate of drug-likeness (QED) is 0.257. The second kappa shape index (κ2) is 13.1. The number of aromatic nitrogens is 2. The highest BCUT2D eigenvalue weighted by atomic mass is 35.5. The second-order valence-electron chi connectivity index (χ2n) is 12.5. The summed E-state index contributed by atoms with van der Waals surface area (Å²) in [6.45, 7) is 6.23. The molecule has 3 aromatic rings. The molecular weight excluding hydrogens is 629 g/mol. The van der Waals surface area contributed by atoms with Crippen LogP contribution >= 0.6 is 23.4 Å². The minimum atomic E-state index is -4.56. The van der Waals surface area contributed by atoms with Gasteiger partial charge in [0.1, 0.15) is 5.60 Å². The number of nitrogens with zero attached hydrogens (tertiary/aromatic N) is 3. The van der Waals surface area contributed by atoms with Crippen LogP contribution in [0.3, 0.4) is 0 Å². The predicted octanol–water partition coefficient (Wildman–Crippen LogP) is 8.12. The van der Waals surface area contributed by atoms with Gasteiger partial charge in [-0.25, -0.2) is 4.79 Å². The van der Waals surface area contributed by atoms with Gasteiger partial charge in [-0.2, -0.15) is 18.3 Å². The second-order valence-corrected chi connectivity index (χ2v) is 13.9. The number of carbonyl (C=O) groups is 3. The van der Waals surface area contributed by atoms with Gasteiger partial charge in [-0.05, 0) is 112 Å². The molecule has 1 N–H and O–H groups in total. The summed E-state index contributed by atoms with van der Waals surface area (Å²) in [4.78, 5) is 39.6. The highest BCUT2D eigenvalue weighted by Crippen LogP contribution is 2.37. The Hall–Kier alpha value is -3.51.